The number of hydrogen-bond acceptors (Lipinski definition) is 5. The van der Waals surface area contributed by atoms with Gasteiger partial charge in [-0.3, -0.25) is 14.4 Å². The van der Waals surface area contributed by atoms with E-state index in [1.807, 2.05) is 0 Å². The van der Waals surface area contributed by atoms with Gasteiger partial charge in [-0.15, -0.1) is 0 Å². The Balaban J connectivity index is 1.99. The molecule has 0 aromatic heterocycles. The fourth-order valence-corrected chi connectivity index (χ4v) is 5.13. The van der Waals surface area contributed by atoms with E-state index in [-0.39, 0.29) is 33.9 Å². The standard InChI is InChI=1S/C21H19Cl2NO5/c22-11-7-10(8-12(23)21(11)29)18-19-13(3-1-5-15(19)25)24(9-17(27)28)14-4-2-6-16(26)20(14)18/h7-8,18,29H,1-6,9H2,(H,27,28). The lowest BCUT2D eigenvalue weighted by atomic mass is 9.71. The second-order valence-corrected chi connectivity index (χ2v) is 8.33. The summed E-state index contributed by atoms with van der Waals surface area (Å²) < 4.78 is 0. The Hall–Kier alpha value is -2.31. The molecule has 0 bridgehead atoms. The molecule has 3 aliphatic rings. The predicted molar refractivity (Wildman–Crippen MR) is 107 cm³/mol. The summed E-state index contributed by atoms with van der Waals surface area (Å²) in [5.74, 6) is -2.13. The summed E-state index contributed by atoms with van der Waals surface area (Å²) in [6, 6.07) is 3.05. The Morgan fingerprint density at radius 2 is 1.45 bits per heavy atom. The van der Waals surface area contributed by atoms with Crippen molar-refractivity contribution >= 4 is 40.7 Å². The minimum atomic E-state index is -1.02. The highest BCUT2D eigenvalue weighted by atomic mass is 35.5. The molecule has 29 heavy (non-hydrogen) atoms. The van der Waals surface area contributed by atoms with Crippen molar-refractivity contribution in [3.05, 3.63) is 50.3 Å². The number of rotatable bonds is 3. The van der Waals surface area contributed by atoms with Crippen LogP contribution in [-0.4, -0.2) is 39.2 Å². The van der Waals surface area contributed by atoms with Gasteiger partial charge in [-0.1, -0.05) is 23.2 Å². The SMILES string of the molecule is O=C(O)CN1C2=C(C(=O)CCC2)C(c2cc(Cl)c(O)c(Cl)c2)C2=C1CCCC2=O. The zero-order chi connectivity index (χ0) is 20.9. The molecule has 2 N–H and O–H groups in total. The number of halogens is 2. The van der Waals surface area contributed by atoms with Crippen LogP contribution in [0.25, 0.3) is 0 Å². The third kappa shape index (κ3) is 3.34. The van der Waals surface area contributed by atoms with Crippen LogP contribution >= 0.6 is 23.2 Å². The van der Waals surface area contributed by atoms with E-state index in [1.165, 1.54) is 12.1 Å². The maximum atomic E-state index is 13.0. The Morgan fingerprint density at radius 3 is 1.90 bits per heavy atom. The van der Waals surface area contributed by atoms with Gasteiger partial charge in [0.2, 0.25) is 0 Å². The van der Waals surface area contributed by atoms with E-state index in [2.05, 4.69) is 0 Å². The second-order valence-electron chi connectivity index (χ2n) is 7.52. The molecule has 0 spiro atoms. The molecule has 0 radical (unpaired) electrons. The number of phenolic OH excluding ortho intramolecular Hbond substituents is 1. The van der Waals surface area contributed by atoms with Crippen molar-refractivity contribution in [1.29, 1.82) is 0 Å². The smallest absolute Gasteiger partial charge is 0.323 e. The summed E-state index contributed by atoms with van der Waals surface area (Å²) in [6.07, 6.45) is 3.08. The molecule has 4 rings (SSSR count). The van der Waals surface area contributed by atoms with Gasteiger partial charge < -0.3 is 15.1 Å². The second kappa shape index (κ2) is 7.50. The quantitative estimate of drug-likeness (QED) is 0.738. The fraction of sp³-hybridized carbons (Fsp3) is 0.381. The number of allylic oxidation sites excluding steroid dienone is 4. The van der Waals surface area contributed by atoms with Crippen molar-refractivity contribution in [3.8, 4) is 5.75 Å². The van der Waals surface area contributed by atoms with Gasteiger partial charge in [0.1, 0.15) is 6.54 Å². The number of hydrogen-bond donors (Lipinski definition) is 2. The molecular formula is C21H19Cl2NO5. The molecule has 1 aliphatic heterocycles. The number of aromatic hydroxyl groups is 1. The largest absolute Gasteiger partial charge is 0.505 e. The van der Waals surface area contributed by atoms with Crippen molar-refractivity contribution in [2.24, 2.45) is 0 Å². The first-order valence-electron chi connectivity index (χ1n) is 9.49. The van der Waals surface area contributed by atoms with Gasteiger partial charge in [-0.2, -0.15) is 0 Å². The van der Waals surface area contributed by atoms with Crippen LogP contribution in [0, 0.1) is 0 Å². The van der Waals surface area contributed by atoms with E-state index in [1.54, 1.807) is 4.90 Å². The third-order valence-electron chi connectivity index (χ3n) is 5.75. The zero-order valence-electron chi connectivity index (χ0n) is 15.5. The zero-order valence-corrected chi connectivity index (χ0v) is 17.0. The van der Waals surface area contributed by atoms with Gasteiger partial charge >= 0.3 is 5.97 Å². The maximum Gasteiger partial charge on any atom is 0.323 e. The van der Waals surface area contributed by atoms with E-state index in [0.29, 0.717) is 66.6 Å². The first kappa shape index (κ1) is 20.0. The number of carboxylic acids is 1. The molecule has 0 saturated heterocycles. The van der Waals surface area contributed by atoms with Crippen molar-refractivity contribution in [1.82, 2.24) is 4.90 Å². The Labute approximate surface area is 177 Å². The van der Waals surface area contributed by atoms with Gasteiger partial charge in [0.15, 0.2) is 17.3 Å². The van der Waals surface area contributed by atoms with Crippen LogP contribution in [0.15, 0.2) is 34.7 Å². The Kier molecular flexibility index (Phi) is 5.17. The Morgan fingerprint density at radius 1 is 0.966 bits per heavy atom. The van der Waals surface area contributed by atoms with E-state index in [9.17, 15) is 24.6 Å². The molecule has 8 heteroatoms. The number of Topliss-reactive ketones (excluding diaryl/α,β-unsaturated/α-hetero) is 2. The lowest BCUT2D eigenvalue weighted by Crippen LogP contribution is -2.41. The summed E-state index contributed by atoms with van der Waals surface area (Å²) in [5.41, 5.74) is 2.79. The minimum absolute atomic E-state index is 0.0382. The molecule has 6 nitrogen and oxygen atoms in total. The Bertz CT molecular complexity index is 943. The molecule has 2 aliphatic carbocycles. The molecule has 152 valence electrons. The fourth-order valence-electron chi connectivity index (χ4n) is 4.63. The van der Waals surface area contributed by atoms with Crippen LogP contribution in [-0.2, 0) is 14.4 Å². The highest BCUT2D eigenvalue weighted by Gasteiger charge is 2.43. The number of ketones is 2. The number of nitrogens with zero attached hydrogens (tertiary/aromatic N) is 1. The van der Waals surface area contributed by atoms with Crippen LogP contribution in [0.1, 0.15) is 50.0 Å². The molecule has 0 unspecified atom stereocenters. The van der Waals surface area contributed by atoms with E-state index in [4.69, 9.17) is 23.2 Å². The first-order valence-corrected chi connectivity index (χ1v) is 10.2. The molecule has 1 aromatic carbocycles. The van der Waals surface area contributed by atoms with Crippen LogP contribution in [0.5, 0.6) is 5.75 Å². The summed E-state index contributed by atoms with van der Waals surface area (Å²) in [4.78, 5) is 39.2. The molecule has 0 atom stereocenters. The van der Waals surface area contributed by atoms with Crippen molar-refractivity contribution in [2.75, 3.05) is 6.54 Å². The molecule has 0 saturated carbocycles. The summed E-state index contributed by atoms with van der Waals surface area (Å²) >= 11 is 12.3. The van der Waals surface area contributed by atoms with E-state index < -0.39 is 11.9 Å². The first-order chi connectivity index (χ1) is 13.8. The van der Waals surface area contributed by atoms with E-state index in [0.717, 1.165) is 0 Å². The highest BCUT2D eigenvalue weighted by Crippen LogP contribution is 2.50. The predicted octanol–water partition coefficient (Wildman–Crippen LogP) is 4.20. The molecule has 1 aromatic rings. The lowest BCUT2D eigenvalue weighted by Gasteiger charge is -2.43. The maximum absolute atomic E-state index is 13.0. The molecule has 0 fully saturated rings. The normalized spacial score (nSPS) is 20.1. The van der Waals surface area contributed by atoms with Crippen molar-refractivity contribution in [2.45, 2.75) is 44.4 Å². The summed E-state index contributed by atoms with van der Waals surface area (Å²) in [7, 11) is 0. The van der Waals surface area contributed by atoms with Crippen LogP contribution in [0.2, 0.25) is 10.0 Å². The molecule has 0 amide bonds. The van der Waals surface area contributed by atoms with Gasteiger partial charge in [-0.05, 0) is 43.4 Å². The monoisotopic (exact) mass is 435 g/mol. The van der Waals surface area contributed by atoms with Gasteiger partial charge in [0.05, 0.1) is 10.0 Å². The van der Waals surface area contributed by atoms with Crippen LogP contribution in [0.4, 0.5) is 0 Å². The summed E-state index contributed by atoms with van der Waals surface area (Å²) in [6.45, 7) is -0.290. The number of phenols is 1. The lowest BCUT2D eigenvalue weighted by molar-refractivity contribution is -0.138. The van der Waals surface area contributed by atoms with Crippen LogP contribution in [0.3, 0.4) is 0 Å². The average molecular weight is 436 g/mol. The van der Waals surface area contributed by atoms with Crippen molar-refractivity contribution in [3.63, 3.8) is 0 Å². The number of carboxylic acid groups (broad SMARTS) is 1. The summed E-state index contributed by atoms with van der Waals surface area (Å²) in [5, 5.41) is 19.5. The highest BCUT2D eigenvalue weighted by molar-refractivity contribution is 6.37. The van der Waals surface area contributed by atoms with Gasteiger partial charge in [0, 0.05) is 41.3 Å². The molecular weight excluding hydrogens is 417 g/mol. The third-order valence-corrected chi connectivity index (χ3v) is 6.33. The minimum Gasteiger partial charge on any atom is -0.505 e. The number of benzene rings is 1. The topological polar surface area (TPSA) is 94.9 Å². The average Bonchev–Trinajstić information content (AvgIpc) is 2.66. The van der Waals surface area contributed by atoms with Crippen molar-refractivity contribution < 1.29 is 24.6 Å². The molecule has 1 heterocycles. The van der Waals surface area contributed by atoms with Gasteiger partial charge in [0.25, 0.3) is 0 Å². The number of carbonyl (C=O) groups is 3. The van der Waals surface area contributed by atoms with Crippen LogP contribution < -0.4 is 0 Å². The van der Waals surface area contributed by atoms with E-state index >= 15 is 0 Å². The van der Waals surface area contributed by atoms with Gasteiger partial charge in [-0.25, -0.2) is 0 Å². The number of aliphatic carboxylic acids is 1. The number of carbonyl (C=O) groups excluding carboxylic acids is 2.